The van der Waals surface area contributed by atoms with E-state index in [1.807, 2.05) is 49.4 Å². The zero-order chi connectivity index (χ0) is 20.0. The lowest BCUT2D eigenvalue weighted by atomic mass is 10.0. The first kappa shape index (κ1) is 20.1. The van der Waals surface area contributed by atoms with E-state index in [1.165, 1.54) is 5.56 Å². The lowest BCUT2D eigenvalue weighted by molar-refractivity contribution is 0.148. The third kappa shape index (κ3) is 5.44. The molecule has 28 heavy (non-hydrogen) atoms. The molecular formula is C23H24O4S. The average molecular weight is 397 g/mol. The van der Waals surface area contributed by atoms with Gasteiger partial charge in [0.05, 0.1) is 4.90 Å². The zero-order valence-electron chi connectivity index (χ0n) is 16.0. The van der Waals surface area contributed by atoms with Gasteiger partial charge >= 0.3 is 0 Å². The van der Waals surface area contributed by atoms with Crippen LogP contribution >= 0.6 is 0 Å². The maximum absolute atomic E-state index is 12.4. The van der Waals surface area contributed by atoms with Crippen LogP contribution in [0.2, 0.25) is 0 Å². The van der Waals surface area contributed by atoms with Crippen molar-refractivity contribution in [3.05, 3.63) is 95.6 Å². The van der Waals surface area contributed by atoms with E-state index in [-0.39, 0.29) is 11.5 Å². The Bertz CT molecular complexity index is 996. The lowest BCUT2D eigenvalue weighted by Crippen LogP contribution is -2.22. The minimum absolute atomic E-state index is 0.136. The number of hydrogen-bond acceptors (Lipinski definition) is 4. The first-order valence-electron chi connectivity index (χ1n) is 9.18. The van der Waals surface area contributed by atoms with E-state index in [2.05, 4.69) is 12.1 Å². The van der Waals surface area contributed by atoms with Crippen LogP contribution in [0.3, 0.4) is 0 Å². The standard InChI is InChI=1S/C23H24O4S/c1-18-12-14-22(15-13-18)28(24,25)27-19(2)17-26-23-11-7-6-10-21(23)16-20-8-4-3-5-9-20/h3-15,19H,16-17H2,1-2H3/t19-/m0/s1. The zero-order valence-corrected chi connectivity index (χ0v) is 16.9. The first-order valence-corrected chi connectivity index (χ1v) is 10.6. The SMILES string of the molecule is Cc1ccc(S(=O)(=O)O[C@@H](C)COc2ccccc2Cc2ccccc2)cc1. The van der Waals surface area contributed by atoms with E-state index in [9.17, 15) is 8.42 Å². The molecule has 5 heteroatoms. The Balaban J connectivity index is 1.63. The van der Waals surface area contributed by atoms with Crippen LogP contribution in [0.1, 0.15) is 23.6 Å². The highest BCUT2D eigenvalue weighted by Gasteiger charge is 2.19. The Kier molecular flexibility index (Phi) is 6.49. The molecule has 4 nitrogen and oxygen atoms in total. The molecule has 0 saturated heterocycles. The normalized spacial score (nSPS) is 12.5. The summed E-state index contributed by atoms with van der Waals surface area (Å²) in [4.78, 5) is 0.148. The summed E-state index contributed by atoms with van der Waals surface area (Å²) in [6.07, 6.45) is 0.129. The Morgan fingerprint density at radius 3 is 2.21 bits per heavy atom. The Labute approximate surface area is 166 Å². The second kappa shape index (κ2) is 9.04. The summed E-state index contributed by atoms with van der Waals surface area (Å²) in [5.74, 6) is 0.731. The average Bonchev–Trinajstić information content (AvgIpc) is 2.68. The number of ether oxygens (including phenoxy) is 1. The van der Waals surface area contributed by atoms with Crippen LogP contribution in [-0.2, 0) is 20.7 Å². The third-order valence-corrected chi connectivity index (χ3v) is 5.72. The van der Waals surface area contributed by atoms with Crippen LogP contribution in [-0.4, -0.2) is 21.1 Å². The number of hydrogen-bond donors (Lipinski definition) is 0. The van der Waals surface area contributed by atoms with Crippen LogP contribution in [0.15, 0.2) is 83.8 Å². The van der Waals surface area contributed by atoms with Gasteiger partial charge in [-0.3, -0.25) is 4.18 Å². The molecule has 0 amide bonds. The van der Waals surface area contributed by atoms with Gasteiger partial charge in [-0.15, -0.1) is 0 Å². The smallest absolute Gasteiger partial charge is 0.297 e. The molecule has 0 aliphatic heterocycles. The molecule has 0 unspecified atom stereocenters. The van der Waals surface area contributed by atoms with Crippen molar-refractivity contribution in [2.45, 2.75) is 31.3 Å². The van der Waals surface area contributed by atoms with E-state index in [0.717, 1.165) is 23.3 Å². The quantitative estimate of drug-likeness (QED) is 0.515. The molecule has 0 heterocycles. The summed E-state index contributed by atoms with van der Waals surface area (Å²) in [5, 5.41) is 0. The topological polar surface area (TPSA) is 52.6 Å². The van der Waals surface area contributed by atoms with E-state index >= 15 is 0 Å². The number of para-hydroxylation sites is 1. The van der Waals surface area contributed by atoms with Crippen molar-refractivity contribution < 1.29 is 17.3 Å². The van der Waals surface area contributed by atoms with Crippen LogP contribution in [0.5, 0.6) is 5.75 Å². The molecule has 0 fully saturated rings. The maximum Gasteiger partial charge on any atom is 0.297 e. The molecule has 146 valence electrons. The molecule has 3 aromatic rings. The van der Waals surface area contributed by atoms with Gasteiger partial charge in [0.25, 0.3) is 10.1 Å². The molecule has 0 N–H and O–H groups in total. The molecular weight excluding hydrogens is 372 g/mol. The van der Waals surface area contributed by atoms with Crippen molar-refractivity contribution >= 4 is 10.1 Å². The van der Waals surface area contributed by atoms with E-state index in [4.69, 9.17) is 8.92 Å². The second-order valence-corrected chi connectivity index (χ2v) is 8.33. The van der Waals surface area contributed by atoms with Crippen LogP contribution < -0.4 is 4.74 Å². The monoisotopic (exact) mass is 396 g/mol. The third-order valence-electron chi connectivity index (χ3n) is 4.28. The van der Waals surface area contributed by atoms with Crippen molar-refractivity contribution in [1.82, 2.24) is 0 Å². The maximum atomic E-state index is 12.4. The fourth-order valence-corrected chi connectivity index (χ4v) is 3.89. The van der Waals surface area contributed by atoms with Gasteiger partial charge < -0.3 is 4.74 Å². The summed E-state index contributed by atoms with van der Waals surface area (Å²) < 4.78 is 36.0. The summed E-state index contributed by atoms with van der Waals surface area (Å²) >= 11 is 0. The number of rotatable bonds is 8. The Morgan fingerprint density at radius 2 is 1.50 bits per heavy atom. The fraction of sp³-hybridized carbons (Fsp3) is 0.217. The molecule has 0 aliphatic carbocycles. The first-order chi connectivity index (χ1) is 13.4. The highest BCUT2D eigenvalue weighted by molar-refractivity contribution is 7.86. The van der Waals surface area contributed by atoms with Gasteiger partial charge in [0.15, 0.2) is 0 Å². The molecule has 0 bridgehead atoms. The molecule has 3 aromatic carbocycles. The fourth-order valence-electron chi connectivity index (χ4n) is 2.82. The molecule has 0 aliphatic rings. The molecule has 0 aromatic heterocycles. The van der Waals surface area contributed by atoms with Gasteiger partial charge in [0.2, 0.25) is 0 Å². The number of aryl methyl sites for hydroxylation is 1. The minimum Gasteiger partial charge on any atom is -0.491 e. The van der Waals surface area contributed by atoms with Gasteiger partial charge in [-0.2, -0.15) is 8.42 Å². The van der Waals surface area contributed by atoms with Crippen molar-refractivity contribution in [2.75, 3.05) is 6.61 Å². The van der Waals surface area contributed by atoms with Gasteiger partial charge in [0, 0.05) is 6.42 Å². The van der Waals surface area contributed by atoms with Crippen molar-refractivity contribution in [3.8, 4) is 5.75 Å². The number of benzene rings is 3. The molecule has 0 saturated carbocycles. The van der Waals surface area contributed by atoms with Gasteiger partial charge in [-0.25, -0.2) is 0 Å². The summed E-state index contributed by atoms with van der Waals surface area (Å²) in [5.41, 5.74) is 3.22. The Morgan fingerprint density at radius 1 is 0.857 bits per heavy atom. The van der Waals surface area contributed by atoms with Crippen LogP contribution in [0, 0.1) is 6.92 Å². The minimum atomic E-state index is -3.82. The highest BCUT2D eigenvalue weighted by atomic mass is 32.2. The van der Waals surface area contributed by atoms with Crippen molar-refractivity contribution in [1.29, 1.82) is 0 Å². The van der Waals surface area contributed by atoms with E-state index in [0.29, 0.717) is 0 Å². The summed E-state index contributed by atoms with van der Waals surface area (Å²) in [6, 6.07) is 24.5. The predicted octanol–water partition coefficient (Wildman–Crippen LogP) is 4.76. The molecule has 1 atom stereocenters. The molecule has 0 spiro atoms. The largest absolute Gasteiger partial charge is 0.491 e. The molecule has 0 radical (unpaired) electrons. The van der Waals surface area contributed by atoms with Gasteiger partial charge in [0.1, 0.15) is 18.5 Å². The van der Waals surface area contributed by atoms with Crippen LogP contribution in [0.4, 0.5) is 0 Å². The van der Waals surface area contributed by atoms with Crippen LogP contribution in [0.25, 0.3) is 0 Å². The summed E-state index contributed by atoms with van der Waals surface area (Å²) in [7, 11) is -3.82. The van der Waals surface area contributed by atoms with E-state index < -0.39 is 16.2 Å². The summed E-state index contributed by atoms with van der Waals surface area (Å²) in [6.45, 7) is 3.73. The van der Waals surface area contributed by atoms with Gasteiger partial charge in [-0.05, 0) is 43.2 Å². The van der Waals surface area contributed by atoms with Gasteiger partial charge in [-0.1, -0.05) is 66.2 Å². The Hall–Kier alpha value is -2.63. The van der Waals surface area contributed by atoms with Crippen molar-refractivity contribution in [3.63, 3.8) is 0 Å². The lowest BCUT2D eigenvalue weighted by Gasteiger charge is -2.16. The molecule has 3 rings (SSSR count). The predicted molar refractivity (Wildman–Crippen MR) is 110 cm³/mol. The van der Waals surface area contributed by atoms with Crippen molar-refractivity contribution in [2.24, 2.45) is 0 Å². The second-order valence-electron chi connectivity index (χ2n) is 6.76. The van der Waals surface area contributed by atoms with E-state index in [1.54, 1.807) is 31.2 Å². The highest BCUT2D eigenvalue weighted by Crippen LogP contribution is 2.22.